The van der Waals surface area contributed by atoms with E-state index in [2.05, 4.69) is 5.32 Å². The highest BCUT2D eigenvalue weighted by molar-refractivity contribution is 6.03. The summed E-state index contributed by atoms with van der Waals surface area (Å²) in [6, 6.07) is 11.4. The molecule has 0 saturated heterocycles. The molecule has 3 rings (SSSR count). The number of anilines is 1. The van der Waals surface area contributed by atoms with Crippen LogP contribution in [0.25, 0.3) is 11.0 Å². The van der Waals surface area contributed by atoms with Crippen LogP contribution in [0.2, 0.25) is 0 Å². The smallest absolute Gasteiger partial charge is 0.291 e. The molecule has 6 nitrogen and oxygen atoms in total. The Morgan fingerprint density at radius 1 is 1.00 bits per heavy atom. The molecule has 1 heterocycles. The molecule has 6 heteroatoms. The maximum Gasteiger partial charge on any atom is 0.291 e. The molecule has 1 amide bonds. The van der Waals surface area contributed by atoms with Gasteiger partial charge in [-0.25, -0.2) is 0 Å². The van der Waals surface area contributed by atoms with Crippen LogP contribution in [-0.2, 0) is 0 Å². The van der Waals surface area contributed by atoms with Gasteiger partial charge < -0.3 is 19.2 Å². The lowest BCUT2D eigenvalue weighted by atomic mass is 10.1. The van der Waals surface area contributed by atoms with Gasteiger partial charge >= 0.3 is 0 Å². The van der Waals surface area contributed by atoms with E-state index in [1.165, 1.54) is 20.3 Å². The van der Waals surface area contributed by atoms with Crippen LogP contribution in [-0.4, -0.2) is 20.1 Å². The number of nitrogens with one attached hydrogen (secondary N) is 1. The molecule has 2 aromatic carbocycles. The molecule has 25 heavy (non-hydrogen) atoms. The molecule has 128 valence electrons. The topological polar surface area (TPSA) is 77.8 Å². The van der Waals surface area contributed by atoms with Gasteiger partial charge in [-0.3, -0.25) is 9.59 Å². The van der Waals surface area contributed by atoms with Gasteiger partial charge in [0.15, 0.2) is 11.2 Å². The quantitative estimate of drug-likeness (QED) is 0.788. The van der Waals surface area contributed by atoms with Crippen molar-refractivity contribution in [2.24, 2.45) is 0 Å². The van der Waals surface area contributed by atoms with E-state index in [0.717, 1.165) is 5.56 Å². The Kier molecular flexibility index (Phi) is 4.43. The SMILES string of the molecule is COc1cc(NC(=O)c2cc(=O)c3cc(C)ccc3o2)cc(OC)c1. The van der Waals surface area contributed by atoms with E-state index in [4.69, 9.17) is 13.9 Å². The minimum Gasteiger partial charge on any atom is -0.497 e. The third-order valence-electron chi connectivity index (χ3n) is 3.72. The zero-order valence-electron chi connectivity index (χ0n) is 14.1. The fourth-order valence-electron chi connectivity index (χ4n) is 2.45. The standard InChI is InChI=1S/C19H17NO5/c1-11-4-5-17-15(6-11)16(21)10-18(25-17)19(22)20-12-7-13(23-2)9-14(8-12)24-3/h4-10H,1-3H3,(H,20,22). The number of aryl methyl sites for hydroxylation is 1. The van der Waals surface area contributed by atoms with Crippen LogP contribution in [0.5, 0.6) is 11.5 Å². The van der Waals surface area contributed by atoms with Crippen molar-refractivity contribution < 1.29 is 18.7 Å². The van der Waals surface area contributed by atoms with E-state index < -0.39 is 5.91 Å². The van der Waals surface area contributed by atoms with Gasteiger partial charge in [0, 0.05) is 30.0 Å². The maximum atomic E-state index is 12.5. The number of amides is 1. The van der Waals surface area contributed by atoms with Gasteiger partial charge in [0.25, 0.3) is 5.91 Å². The van der Waals surface area contributed by atoms with E-state index in [0.29, 0.717) is 28.2 Å². The van der Waals surface area contributed by atoms with Crippen molar-refractivity contribution in [1.82, 2.24) is 0 Å². The Labute approximate surface area is 144 Å². The molecule has 1 N–H and O–H groups in total. The van der Waals surface area contributed by atoms with Gasteiger partial charge in [0.2, 0.25) is 0 Å². The third kappa shape index (κ3) is 3.47. The molecule has 0 atom stereocenters. The van der Waals surface area contributed by atoms with Gasteiger partial charge in [-0.15, -0.1) is 0 Å². The first-order valence-corrected chi connectivity index (χ1v) is 7.59. The molecule has 0 bridgehead atoms. The molecule has 3 aromatic rings. The number of fused-ring (bicyclic) bond motifs is 1. The van der Waals surface area contributed by atoms with Gasteiger partial charge in [0.1, 0.15) is 17.1 Å². The lowest BCUT2D eigenvalue weighted by molar-refractivity contribution is 0.0997. The molecule has 0 spiro atoms. The van der Waals surface area contributed by atoms with Crippen molar-refractivity contribution in [2.45, 2.75) is 6.92 Å². The van der Waals surface area contributed by atoms with Crippen LogP contribution in [0.3, 0.4) is 0 Å². The van der Waals surface area contributed by atoms with Gasteiger partial charge in [-0.2, -0.15) is 0 Å². The summed E-state index contributed by atoms with van der Waals surface area (Å²) in [5, 5.41) is 3.12. The number of carbonyl (C=O) groups is 1. The zero-order valence-corrected chi connectivity index (χ0v) is 14.1. The van der Waals surface area contributed by atoms with E-state index in [-0.39, 0.29) is 11.2 Å². The minimum atomic E-state index is -0.533. The first-order chi connectivity index (χ1) is 12.0. The van der Waals surface area contributed by atoms with Crippen LogP contribution < -0.4 is 20.2 Å². The summed E-state index contributed by atoms with van der Waals surface area (Å²) in [4.78, 5) is 24.7. The predicted molar refractivity (Wildman–Crippen MR) is 94.7 cm³/mol. The fraction of sp³-hybridized carbons (Fsp3) is 0.158. The molecular weight excluding hydrogens is 322 g/mol. The Morgan fingerprint density at radius 3 is 2.32 bits per heavy atom. The highest BCUT2D eigenvalue weighted by Crippen LogP contribution is 2.26. The number of methoxy groups -OCH3 is 2. The second-order valence-corrected chi connectivity index (χ2v) is 5.53. The monoisotopic (exact) mass is 339 g/mol. The first-order valence-electron chi connectivity index (χ1n) is 7.59. The molecule has 0 radical (unpaired) electrons. The van der Waals surface area contributed by atoms with Crippen molar-refractivity contribution >= 4 is 22.6 Å². The van der Waals surface area contributed by atoms with E-state index in [9.17, 15) is 9.59 Å². The molecule has 0 aliphatic carbocycles. The first kappa shape index (κ1) is 16.6. The fourth-order valence-corrected chi connectivity index (χ4v) is 2.45. The summed E-state index contributed by atoms with van der Waals surface area (Å²) in [7, 11) is 3.04. The summed E-state index contributed by atoms with van der Waals surface area (Å²) >= 11 is 0. The average Bonchev–Trinajstić information content (AvgIpc) is 2.61. The van der Waals surface area contributed by atoms with Crippen LogP contribution in [0, 0.1) is 6.92 Å². The number of hydrogen-bond donors (Lipinski definition) is 1. The number of benzene rings is 2. The van der Waals surface area contributed by atoms with Crippen molar-refractivity contribution in [3.63, 3.8) is 0 Å². The normalized spacial score (nSPS) is 10.5. The maximum absolute atomic E-state index is 12.5. The molecule has 0 unspecified atom stereocenters. The number of hydrogen-bond acceptors (Lipinski definition) is 5. The predicted octanol–water partition coefficient (Wildman–Crippen LogP) is 3.37. The lowest BCUT2D eigenvalue weighted by Crippen LogP contribution is -2.15. The zero-order chi connectivity index (χ0) is 18.0. The minimum absolute atomic E-state index is 0.0665. The number of carbonyl (C=O) groups excluding carboxylic acids is 1. The Morgan fingerprint density at radius 2 is 1.68 bits per heavy atom. The largest absolute Gasteiger partial charge is 0.497 e. The van der Waals surface area contributed by atoms with Gasteiger partial charge in [0.05, 0.1) is 19.6 Å². The van der Waals surface area contributed by atoms with Gasteiger partial charge in [-0.1, -0.05) is 11.6 Å². The summed E-state index contributed by atoms with van der Waals surface area (Å²) in [5.74, 6) is 0.466. The summed E-state index contributed by atoms with van der Waals surface area (Å²) < 4.78 is 15.9. The lowest BCUT2D eigenvalue weighted by Gasteiger charge is -2.10. The van der Waals surface area contributed by atoms with Crippen LogP contribution >= 0.6 is 0 Å². The highest BCUT2D eigenvalue weighted by Gasteiger charge is 2.14. The van der Waals surface area contributed by atoms with Crippen molar-refractivity contribution in [3.05, 3.63) is 64.0 Å². The van der Waals surface area contributed by atoms with E-state index >= 15 is 0 Å². The Balaban J connectivity index is 1.95. The molecule has 0 aliphatic rings. The third-order valence-corrected chi connectivity index (χ3v) is 3.72. The second-order valence-electron chi connectivity index (χ2n) is 5.53. The Hall–Kier alpha value is -3.28. The number of rotatable bonds is 4. The van der Waals surface area contributed by atoms with E-state index in [1.54, 1.807) is 30.3 Å². The summed E-state index contributed by atoms with van der Waals surface area (Å²) in [6.07, 6.45) is 0. The van der Waals surface area contributed by atoms with Crippen molar-refractivity contribution in [3.8, 4) is 11.5 Å². The van der Waals surface area contributed by atoms with Crippen LogP contribution in [0.4, 0.5) is 5.69 Å². The summed E-state index contributed by atoms with van der Waals surface area (Å²) in [5.41, 5.74) is 1.51. The molecular formula is C19H17NO5. The highest BCUT2D eigenvalue weighted by atomic mass is 16.5. The average molecular weight is 339 g/mol. The van der Waals surface area contributed by atoms with Crippen molar-refractivity contribution in [2.75, 3.05) is 19.5 Å². The Bertz CT molecular complexity index is 984. The van der Waals surface area contributed by atoms with Crippen molar-refractivity contribution in [1.29, 1.82) is 0 Å². The molecule has 1 aromatic heterocycles. The summed E-state index contributed by atoms with van der Waals surface area (Å²) in [6.45, 7) is 1.88. The number of ether oxygens (including phenoxy) is 2. The molecule has 0 fully saturated rings. The molecule has 0 saturated carbocycles. The molecule has 0 aliphatic heterocycles. The second kappa shape index (κ2) is 6.68. The van der Waals surface area contributed by atoms with Crippen LogP contribution in [0.15, 0.2) is 51.7 Å². The van der Waals surface area contributed by atoms with Crippen LogP contribution in [0.1, 0.15) is 16.1 Å². The van der Waals surface area contributed by atoms with Gasteiger partial charge in [-0.05, 0) is 19.1 Å². The van der Waals surface area contributed by atoms with E-state index in [1.807, 2.05) is 13.0 Å².